The van der Waals surface area contributed by atoms with Crippen LogP contribution < -0.4 is 4.74 Å². The lowest BCUT2D eigenvalue weighted by Gasteiger charge is -2.17. The van der Waals surface area contributed by atoms with Crippen molar-refractivity contribution >= 4 is 21.4 Å². The molecule has 0 saturated heterocycles. The molecular weight excluding hydrogens is 400 g/mol. The van der Waals surface area contributed by atoms with Gasteiger partial charge in [0.25, 0.3) is 0 Å². The van der Waals surface area contributed by atoms with Gasteiger partial charge in [-0.2, -0.15) is 0 Å². The van der Waals surface area contributed by atoms with Crippen molar-refractivity contribution in [1.29, 1.82) is 0 Å². The number of hydrogen-bond donors (Lipinski definition) is 0. The molecule has 0 spiro atoms. The maximum atomic E-state index is 13.3. The quantitative estimate of drug-likeness (QED) is 0.506. The number of carbonyl (C=O) groups is 2. The first-order chi connectivity index (χ1) is 14.3. The summed E-state index contributed by atoms with van der Waals surface area (Å²) in [7, 11) is -2.56. The van der Waals surface area contributed by atoms with Gasteiger partial charge in [0.05, 0.1) is 12.0 Å². The number of benzene rings is 3. The second kappa shape index (κ2) is 9.05. The molecule has 154 valence electrons. The highest BCUT2D eigenvalue weighted by molar-refractivity contribution is 7.92. The van der Waals surface area contributed by atoms with Gasteiger partial charge in [0.1, 0.15) is 11.0 Å². The van der Waals surface area contributed by atoms with Crippen molar-refractivity contribution in [2.75, 3.05) is 7.11 Å². The van der Waals surface area contributed by atoms with Crippen molar-refractivity contribution < 1.29 is 22.7 Å². The third-order valence-electron chi connectivity index (χ3n) is 4.86. The summed E-state index contributed by atoms with van der Waals surface area (Å²) in [4.78, 5) is 26.0. The van der Waals surface area contributed by atoms with Gasteiger partial charge in [-0.1, -0.05) is 48.0 Å². The van der Waals surface area contributed by atoms with Crippen molar-refractivity contribution in [3.8, 4) is 5.75 Å². The lowest BCUT2D eigenvalue weighted by molar-refractivity contribution is 0.0920. The monoisotopic (exact) mass is 422 g/mol. The maximum absolute atomic E-state index is 13.3. The Hall–Kier alpha value is -3.25. The van der Waals surface area contributed by atoms with Crippen molar-refractivity contribution in [2.45, 2.75) is 23.5 Å². The van der Waals surface area contributed by atoms with E-state index in [1.807, 2.05) is 6.92 Å². The summed E-state index contributed by atoms with van der Waals surface area (Å²) in [6.07, 6.45) is -0.448. The fraction of sp³-hybridized carbons (Fsp3) is 0.167. The van der Waals surface area contributed by atoms with Crippen LogP contribution in [0.4, 0.5) is 0 Å². The Kier molecular flexibility index (Phi) is 6.47. The molecule has 0 fully saturated rings. The van der Waals surface area contributed by atoms with Crippen LogP contribution in [0.15, 0.2) is 83.8 Å². The summed E-state index contributed by atoms with van der Waals surface area (Å²) in [5.74, 6) is -0.448. The molecule has 0 aliphatic carbocycles. The first-order valence-corrected chi connectivity index (χ1v) is 10.9. The Labute approximate surface area is 176 Å². The fourth-order valence-corrected chi connectivity index (χ4v) is 4.72. The van der Waals surface area contributed by atoms with Gasteiger partial charge in [-0.25, -0.2) is 8.42 Å². The van der Waals surface area contributed by atoms with Gasteiger partial charge < -0.3 is 4.74 Å². The van der Waals surface area contributed by atoms with Gasteiger partial charge in [0.15, 0.2) is 21.4 Å². The highest BCUT2D eigenvalue weighted by atomic mass is 32.2. The van der Waals surface area contributed by atoms with E-state index in [-0.39, 0.29) is 10.5 Å². The minimum Gasteiger partial charge on any atom is -0.497 e. The zero-order valence-corrected chi connectivity index (χ0v) is 17.6. The molecule has 0 saturated carbocycles. The molecule has 0 amide bonds. The SMILES string of the molecule is COc1ccc(C(=O)C[C@H](C(=O)c2ccccc2)S(=O)(=O)c2ccc(C)cc2)cc1. The van der Waals surface area contributed by atoms with Gasteiger partial charge in [0, 0.05) is 17.5 Å². The van der Waals surface area contributed by atoms with E-state index in [4.69, 9.17) is 4.74 Å². The van der Waals surface area contributed by atoms with Crippen molar-refractivity contribution in [3.63, 3.8) is 0 Å². The maximum Gasteiger partial charge on any atom is 0.189 e. The summed E-state index contributed by atoms with van der Waals surface area (Å²) < 4.78 is 31.8. The minimum atomic E-state index is -4.08. The topological polar surface area (TPSA) is 77.5 Å². The average molecular weight is 423 g/mol. The van der Waals surface area contributed by atoms with Gasteiger partial charge in [-0.3, -0.25) is 9.59 Å². The van der Waals surface area contributed by atoms with Gasteiger partial charge >= 0.3 is 0 Å². The largest absolute Gasteiger partial charge is 0.497 e. The molecule has 3 rings (SSSR count). The van der Waals surface area contributed by atoms with E-state index in [1.54, 1.807) is 66.7 Å². The molecule has 0 heterocycles. The predicted molar refractivity (Wildman–Crippen MR) is 115 cm³/mol. The zero-order chi connectivity index (χ0) is 21.7. The number of hydrogen-bond acceptors (Lipinski definition) is 5. The molecule has 0 unspecified atom stereocenters. The van der Waals surface area contributed by atoms with E-state index in [2.05, 4.69) is 0 Å². The third-order valence-corrected chi connectivity index (χ3v) is 6.92. The lowest BCUT2D eigenvalue weighted by atomic mass is 10.0. The molecule has 0 radical (unpaired) electrons. The Morgan fingerprint density at radius 1 is 0.833 bits per heavy atom. The molecule has 1 atom stereocenters. The van der Waals surface area contributed by atoms with E-state index in [0.29, 0.717) is 11.3 Å². The molecule has 3 aromatic rings. The standard InChI is InChI=1S/C24H22O5S/c1-17-8-14-21(15-9-17)30(27,28)23(24(26)19-6-4-3-5-7-19)16-22(25)18-10-12-20(29-2)13-11-18/h3-15,23H,16H2,1-2H3/t23-/m1/s1. The van der Waals surface area contributed by atoms with Gasteiger partial charge in [0.2, 0.25) is 0 Å². The molecule has 5 nitrogen and oxygen atoms in total. The van der Waals surface area contributed by atoms with Crippen LogP contribution in [-0.2, 0) is 9.84 Å². The van der Waals surface area contributed by atoms with Crippen LogP contribution in [0.2, 0.25) is 0 Å². The smallest absolute Gasteiger partial charge is 0.189 e. The minimum absolute atomic E-state index is 0.0184. The number of Topliss-reactive ketones (excluding diaryl/α,β-unsaturated/α-hetero) is 2. The van der Waals surface area contributed by atoms with Crippen molar-refractivity contribution in [3.05, 3.63) is 95.6 Å². The number of carbonyl (C=O) groups excluding carboxylic acids is 2. The molecular formula is C24H22O5S. The number of ether oxygens (including phenoxy) is 1. The van der Waals surface area contributed by atoms with Crippen molar-refractivity contribution in [1.82, 2.24) is 0 Å². The number of methoxy groups -OCH3 is 1. The second-order valence-corrected chi connectivity index (χ2v) is 9.06. The van der Waals surface area contributed by atoms with Crippen LogP contribution >= 0.6 is 0 Å². The number of rotatable bonds is 8. The average Bonchev–Trinajstić information content (AvgIpc) is 2.77. The molecule has 0 aliphatic heterocycles. The number of aryl methyl sites for hydroxylation is 1. The first-order valence-electron chi connectivity index (χ1n) is 9.40. The fourth-order valence-electron chi connectivity index (χ4n) is 3.09. The van der Waals surface area contributed by atoms with E-state index in [1.165, 1.54) is 19.2 Å². The number of sulfone groups is 1. The van der Waals surface area contributed by atoms with Crippen molar-refractivity contribution in [2.24, 2.45) is 0 Å². The molecule has 3 aromatic carbocycles. The van der Waals surface area contributed by atoms with E-state index >= 15 is 0 Å². The Morgan fingerprint density at radius 3 is 2.00 bits per heavy atom. The van der Waals surface area contributed by atoms with E-state index in [0.717, 1.165) is 5.56 Å². The molecule has 0 N–H and O–H groups in total. The van der Waals surface area contributed by atoms with Crippen LogP contribution in [0.25, 0.3) is 0 Å². The van der Waals surface area contributed by atoms with Gasteiger partial charge in [-0.15, -0.1) is 0 Å². The molecule has 0 aliphatic rings. The summed E-state index contributed by atoms with van der Waals surface area (Å²) in [6, 6.07) is 20.8. The summed E-state index contributed by atoms with van der Waals surface area (Å²) in [5, 5.41) is -1.52. The van der Waals surface area contributed by atoms with Crippen LogP contribution in [0.1, 0.15) is 32.7 Å². The Balaban J connectivity index is 1.99. The lowest BCUT2D eigenvalue weighted by Crippen LogP contribution is -2.33. The third kappa shape index (κ3) is 4.66. The predicted octanol–water partition coefficient (Wildman–Crippen LogP) is 4.30. The zero-order valence-electron chi connectivity index (χ0n) is 16.7. The number of ketones is 2. The van der Waals surface area contributed by atoms with E-state index in [9.17, 15) is 18.0 Å². The molecule has 30 heavy (non-hydrogen) atoms. The van der Waals surface area contributed by atoms with E-state index < -0.39 is 33.1 Å². The normalized spacial score (nSPS) is 12.2. The van der Waals surface area contributed by atoms with Crippen LogP contribution in [0, 0.1) is 6.92 Å². The second-order valence-electron chi connectivity index (χ2n) is 6.93. The highest BCUT2D eigenvalue weighted by Gasteiger charge is 2.36. The van der Waals surface area contributed by atoms with Crippen LogP contribution in [-0.4, -0.2) is 32.3 Å². The molecule has 0 aromatic heterocycles. The highest BCUT2D eigenvalue weighted by Crippen LogP contribution is 2.24. The Morgan fingerprint density at radius 2 is 1.43 bits per heavy atom. The molecule has 6 heteroatoms. The van der Waals surface area contributed by atoms with Crippen LogP contribution in [0.5, 0.6) is 5.75 Å². The first kappa shape index (κ1) is 21.5. The Bertz CT molecular complexity index is 1130. The van der Waals surface area contributed by atoms with Gasteiger partial charge in [-0.05, 0) is 43.3 Å². The van der Waals surface area contributed by atoms with Crippen LogP contribution in [0.3, 0.4) is 0 Å². The molecule has 0 bridgehead atoms. The summed E-state index contributed by atoms with van der Waals surface area (Å²) in [5.41, 5.74) is 1.47. The summed E-state index contributed by atoms with van der Waals surface area (Å²) in [6.45, 7) is 1.84. The summed E-state index contributed by atoms with van der Waals surface area (Å²) >= 11 is 0.